The van der Waals surface area contributed by atoms with Crippen LogP contribution < -0.4 is 10.2 Å². The fourth-order valence-corrected chi connectivity index (χ4v) is 4.09. The van der Waals surface area contributed by atoms with Gasteiger partial charge >= 0.3 is 0 Å². The normalized spacial score (nSPS) is 11.7. The minimum absolute atomic E-state index is 0.0672. The van der Waals surface area contributed by atoms with Crippen molar-refractivity contribution >= 4 is 28.7 Å². The van der Waals surface area contributed by atoms with Gasteiger partial charge in [0.1, 0.15) is 11.9 Å². The average molecular weight is 429 g/mol. The minimum Gasteiger partial charge on any atom is -0.347 e. The van der Waals surface area contributed by atoms with Crippen LogP contribution in [0.4, 0.5) is 11.5 Å². The molecule has 5 nitrogen and oxygen atoms in total. The lowest BCUT2D eigenvalue weighted by molar-refractivity contribution is -0.117. The Bertz CT molecular complexity index is 1150. The molecule has 0 fully saturated rings. The van der Waals surface area contributed by atoms with Gasteiger partial charge in [0.2, 0.25) is 5.91 Å². The summed E-state index contributed by atoms with van der Waals surface area (Å²) in [5, 5.41) is 5.07. The molecule has 1 atom stereocenters. The largest absolute Gasteiger partial charge is 0.347 e. The van der Waals surface area contributed by atoms with Crippen molar-refractivity contribution in [1.29, 1.82) is 0 Å². The molecule has 1 amide bonds. The molecule has 0 unspecified atom stereocenters. The van der Waals surface area contributed by atoms with Gasteiger partial charge in [0, 0.05) is 36.4 Å². The number of nitrogens with zero attached hydrogens (tertiary/aromatic N) is 3. The molecule has 0 saturated heterocycles. The first-order chi connectivity index (χ1) is 15.1. The zero-order valence-electron chi connectivity index (χ0n) is 17.5. The SMILES string of the molecule is Cc1cc(-c2cccc(NC(=O)[C@H](Cc3ccccc3)N(C)c3cscn3)c2)ccn1. The summed E-state index contributed by atoms with van der Waals surface area (Å²) in [6.07, 6.45) is 2.39. The first kappa shape index (κ1) is 20.8. The van der Waals surface area contributed by atoms with E-state index in [1.54, 1.807) is 11.7 Å². The summed E-state index contributed by atoms with van der Waals surface area (Å²) < 4.78 is 0. The summed E-state index contributed by atoms with van der Waals surface area (Å²) >= 11 is 1.52. The Kier molecular flexibility index (Phi) is 6.38. The second-order valence-corrected chi connectivity index (χ2v) is 8.14. The summed E-state index contributed by atoms with van der Waals surface area (Å²) in [6, 6.07) is 21.6. The van der Waals surface area contributed by atoms with Gasteiger partial charge < -0.3 is 10.2 Å². The number of likely N-dealkylation sites (N-methyl/N-ethyl adjacent to an activating group) is 1. The summed E-state index contributed by atoms with van der Waals surface area (Å²) in [5.74, 6) is 0.726. The highest BCUT2D eigenvalue weighted by molar-refractivity contribution is 7.07. The molecule has 0 saturated carbocycles. The zero-order chi connectivity index (χ0) is 21.6. The number of anilines is 2. The van der Waals surface area contributed by atoms with Crippen molar-refractivity contribution in [3.05, 3.63) is 95.1 Å². The van der Waals surface area contributed by atoms with E-state index in [4.69, 9.17) is 0 Å². The molecule has 0 aliphatic carbocycles. The van der Waals surface area contributed by atoms with Crippen LogP contribution in [0.2, 0.25) is 0 Å². The van der Waals surface area contributed by atoms with Gasteiger partial charge in [-0.3, -0.25) is 9.78 Å². The predicted molar refractivity (Wildman–Crippen MR) is 127 cm³/mol. The highest BCUT2D eigenvalue weighted by Gasteiger charge is 2.25. The van der Waals surface area contributed by atoms with Crippen molar-refractivity contribution in [1.82, 2.24) is 9.97 Å². The smallest absolute Gasteiger partial charge is 0.247 e. The molecule has 2 heterocycles. The lowest BCUT2D eigenvalue weighted by atomic mass is 10.0. The quantitative estimate of drug-likeness (QED) is 0.440. The number of hydrogen-bond acceptors (Lipinski definition) is 5. The summed E-state index contributed by atoms with van der Waals surface area (Å²) in [7, 11) is 1.92. The third-order valence-corrected chi connectivity index (χ3v) is 5.76. The third kappa shape index (κ3) is 5.16. The van der Waals surface area contributed by atoms with Gasteiger partial charge in [-0.25, -0.2) is 4.98 Å². The highest BCUT2D eigenvalue weighted by Crippen LogP contribution is 2.24. The van der Waals surface area contributed by atoms with Gasteiger partial charge in [-0.15, -0.1) is 11.3 Å². The molecular formula is C25H24N4OS. The molecule has 0 spiro atoms. The van der Waals surface area contributed by atoms with Crippen LogP contribution in [0.1, 0.15) is 11.3 Å². The summed E-state index contributed by atoms with van der Waals surface area (Å²) in [6.45, 7) is 1.97. The van der Waals surface area contributed by atoms with Gasteiger partial charge in [-0.2, -0.15) is 0 Å². The first-order valence-electron chi connectivity index (χ1n) is 10.1. The molecule has 0 aliphatic rings. The topological polar surface area (TPSA) is 58.1 Å². The van der Waals surface area contributed by atoms with E-state index >= 15 is 0 Å². The lowest BCUT2D eigenvalue weighted by Crippen LogP contribution is -2.43. The van der Waals surface area contributed by atoms with Crippen LogP contribution >= 0.6 is 11.3 Å². The number of thiazole rings is 1. The number of pyridine rings is 1. The fourth-order valence-electron chi connectivity index (χ4n) is 3.51. The van der Waals surface area contributed by atoms with Gasteiger partial charge in [0.25, 0.3) is 0 Å². The monoisotopic (exact) mass is 428 g/mol. The molecule has 4 rings (SSSR count). The van der Waals surface area contributed by atoms with Crippen LogP contribution in [0.15, 0.2) is 83.8 Å². The average Bonchev–Trinajstić information content (AvgIpc) is 3.33. The van der Waals surface area contributed by atoms with Crippen molar-refractivity contribution in [2.45, 2.75) is 19.4 Å². The second-order valence-electron chi connectivity index (χ2n) is 7.42. The maximum absolute atomic E-state index is 13.4. The van der Waals surface area contributed by atoms with E-state index in [1.807, 2.05) is 91.0 Å². The first-order valence-corrected chi connectivity index (χ1v) is 11.0. The molecule has 4 aromatic rings. The Hall–Kier alpha value is -3.51. The number of hydrogen-bond donors (Lipinski definition) is 1. The highest BCUT2D eigenvalue weighted by atomic mass is 32.1. The third-order valence-electron chi connectivity index (χ3n) is 5.18. The van der Waals surface area contributed by atoms with E-state index in [1.165, 1.54) is 11.3 Å². The number of rotatable bonds is 7. The summed E-state index contributed by atoms with van der Waals surface area (Å²) in [5.41, 5.74) is 6.72. The number of benzene rings is 2. The number of aromatic nitrogens is 2. The number of aryl methyl sites for hydroxylation is 1. The standard InChI is InChI=1S/C25H24N4OS/c1-18-13-21(11-12-26-18)20-9-6-10-22(15-20)28-25(30)23(14-19-7-4-3-5-8-19)29(2)24-16-31-17-27-24/h3-13,15-17,23H,14H2,1-2H3,(H,28,30)/t23-/m0/s1. The van der Waals surface area contributed by atoms with Crippen LogP contribution in [-0.4, -0.2) is 29.0 Å². The predicted octanol–water partition coefficient (Wildman–Crippen LogP) is 5.20. The lowest BCUT2D eigenvalue weighted by Gasteiger charge is -2.27. The van der Waals surface area contributed by atoms with Crippen LogP contribution in [0.3, 0.4) is 0 Å². The minimum atomic E-state index is -0.392. The van der Waals surface area contributed by atoms with Crippen LogP contribution in [0.25, 0.3) is 11.1 Å². The molecular weight excluding hydrogens is 404 g/mol. The van der Waals surface area contributed by atoms with Gasteiger partial charge in [-0.05, 0) is 47.9 Å². The molecule has 0 aliphatic heterocycles. The van der Waals surface area contributed by atoms with E-state index in [9.17, 15) is 4.79 Å². The molecule has 156 valence electrons. The van der Waals surface area contributed by atoms with Crippen molar-refractivity contribution in [3.8, 4) is 11.1 Å². The number of carbonyl (C=O) groups excluding carboxylic acids is 1. The van der Waals surface area contributed by atoms with E-state index in [0.717, 1.165) is 33.9 Å². The van der Waals surface area contributed by atoms with Crippen LogP contribution in [-0.2, 0) is 11.2 Å². The Morgan fingerprint density at radius 3 is 2.58 bits per heavy atom. The summed E-state index contributed by atoms with van der Waals surface area (Å²) in [4.78, 5) is 24.0. The molecule has 31 heavy (non-hydrogen) atoms. The Labute approximate surface area is 186 Å². The molecule has 1 N–H and O–H groups in total. The number of nitrogens with one attached hydrogen (secondary N) is 1. The van der Waals surface area contributed by atoms with E-state index in [2.05, 4.69) is 15.3 Å². The van der Waals surface area contributed by atoms with Crippen molar-refractivity contribution in [2.24, 2.45) is 0 Å². The fraction of sp³-hybridized carbons (Fsp3) is 0.160. The van der Waals surface area contributed by atoms with E-state index < -0.39 is 6.04 Å². The molecule has 2 aromatic heterocycles. The van der Waals surface area contributed by atoms with Crippen molar-refractivity contribution < 1.29 is 4.79 Å². The molecule has 0 bridgehead atoms. The Balaban J connectivity index is 1.58. The maximum atomic E-state index is 13.4. The van der Waals surface area contributed by atoms with Crippen LogP contribution in [0, 0.1) is 6.92 Å². The van der Waals surface area contributed by atoms with Gasteiger partial charge in [0.05, 0.1) is 5.51 Å². The molecule has 0 radical (unpaired) electrons. The number of carbonyl (C=O) groups is 1. The Morgan fingerprint density at radius 1 is 1.03 bits per heavy atom. The Morgan fingerprint density at radius 2 is 1.84 bits per heavy atom. The van der Waals surface area contributed by atoms with Gasteiger partial charge in [0.15, 0.2) is 0 Å². The zero-order valence-corrected chi connectivity index (χ0v) is 18.3. The molecule has 6 heteroatoms. The van der Waals surface area contributed by atoms with Gasteiger partial charge in [-0.1, -0.05) is 42.5 Å². The van der Waals surface area contributed by atoms with E-state index in [-0.39, 0.29) is 5.91 Å². The molecule has 2 aromatic carbocycles. The second kappa shape index (κ2) is 9.53. The maximum Gasteiger partial charge on any atom is 0.247 e. The van der Waals surface area contributed by atoms with E-state index in [0.29, 0.717) is 6.42 Å². The van der Waals surface area contributed by atoms with Crippen molar-refractivity contribution in [2.75, 3.05) is 17.3 Å². The van der Waals surface area contributed by atoms with Crippen molar-refractivity contribution in [3.63, 3.8) is 0 Å². The van der Waals surface area contributed by atoms with Crippen LogP contribution in [0.5, 0.6) is 0 Å². The number of amides is 1.